The maximum Gasteiger partial charge on any atom is 0.265 e. The largest absolute Gasteiger partial charge is 0.497 e. The number of hydrogen-bond acceptors (Lipinski definition) is 8. The summed E-state index contributed by atoms with van der Waals surface area (Å²) in [7, 11) is -2.52. The van der Waals surface area contributed by atoms with Crippen LogP contribution in [0.1, 0.15) is 11.7 Å². The van der Waals surface area contributed by atoms with Crippen LogP contribution in [0.4, 0.5) is 11.4 Å². The van der Waals surface area contributed by atoms with E-state index in [-0.39, 0.29) is 34.7 Å². The molecule has 0 unspecified atom stereocenters. The van der Waals surface area contributed by atoms with Gasteiger partial charge < -0.3 is 14.0 Å². The summed E-state index contributed by atoms with van der Waals surface area (Å²) in [6, 6.07) is 9.02. The Balaban J connectivity index is 1.65. The van der Waals surface area contributed by atoms with Gasteiger partial charge in [0.1, 0.15) is 16.4 Å². The summed E-state index contributed by atoms with van der Waals surface area (Å²) < 4.78 is 43.7. The average Bonchev–Trinajstić information content (AvgIpc) is 3.15. The first-order chi connectivity index (χ1) is 14.8. The number of amides is 1. The quantitative estimate of drug-likeness (QED) is 0.590. The zero-order chi connectivity index (χ0) is 22.2. The number of carbonyl (C=O) groups excluding carboxylic acids is 1. The van der Waals surface area contributed by atoms with Gasteiger partial charge in [0.05, 0.1) is 24.4 Å². The lowest BCUT2D eigenvalue weighted by molar-refractivity contribution is -0.121. The fourth-order valence-corrected chi connectivity index (χ4v) is 4.59. The normalized spacial score (nSPS) is 13.5. The number of aryl methyl sites for hydroxylation is 1. The van der Waals surface area contributed by atoms with E-state index in [0.29, 0.717) is 28.8 Å². The van der Waals surface area contributed by atoms with E-state index in [1.54, 1.807) is 31.2 Å². The van der Waals surface area contributed by atoms with Gasteiger partial charge in [0.15, 0.2) is 12.4 Å². The summed E-state index contributed by atoms with van der Waals surface area (Å²) in [4.78, 5) is 17.7. The number of ether oxygens (including phenoxy) is 2. The van der Waals surface area contributed by atoms with Gasteiger partial charge in [-0.25, -0.2) is 8.42 Å². The Morgan fingerprint density at radius 1 is 1.26 bits per heavy atom. The van der Waals surface area contributed by atoms with Crippen molar-refractivity contribution in [2.45, 2.75) is 18.4 Å². The molecule has 1 amide bonds. The van der Waals surface area contributed by atoms with Gasteiger partial charge in [-0.05, 0) is 30.3 Å². The lowest BCUT2D eigenvalue weighted by Gasteiger charge is -2.29. The van der Waals surface area contributed by atoms with Crippen molar-refractivity contribution >= 4 is 38.9 Å². The minimum Gasteiger partial charge on any atom is -0.497 e. The first-order valence-corrected chi connectivity index (χ1v) is 10.9. The highest BCUT2D eigenvalue weighted by molar-refractivity contribution is 7.92. The number of hydrogen-bond donors (Lipinski definition) is 1. The topological polar surface area (TPSA) is 124 Å². The van der Waals surface area contributed by atoms with Crippen molar-refractivity contribution in [3.63, 3.8) is 0 Å². The fraction of sp³-hybridized carbons (Fsp3) is 0.211. The van der Waals surface area contributed by atoms with Gasteiger partial charge in [-0.3, -0.25) is 14.4 Å². The van der Waals surface area contributed by atoms with Crippen molar-refractivity contribution < 1.29 is 27.2 Å². The third kappa shape index (κ3) is 4.28. The number of halogens is 1. The monoisotopic (exact) mass is 464 g/mol. The van der Waals surface area contributed by atoms with Crippen LogP contribution < -0.4 is 19.1 Å². The van der Waals surface area contributed by atoms with Gasteiger partial charge in [-0.15, -0.1) is 0 Å². The van der Waals surface area contributed by atoms with Crippen LogP contribution in [0.2, 0.25) is 5.02 Å². The molecule has 162 valence electrons. The standard InChI is InChI=1S/C19H17ClN4O6S/c1-11-21-18(22-30-11)9-24-15-7-14(20)17(8-16(15)29-10-19(24)25)31(26,27)23-12-3-5-13(28-2)6-4-12/h3-8,23H,9-10H2,1-2H3. The van der Waals surface area contributed by atoms with Crippen LogP contribution in [0.15, 0.2) is 45.8 Å². The van der Waals surface area contributed by atoms with Crippen molar-refractivity contribution in [2.24, 2.45) is 0 Å². The van der Waals surface area contributed by atoms with E-state index >= 15 is 0 Å². The zero-order valence-electron chi connectivity index (χ0n) is 16.5. The number of carbonyl (C=O) groups is 1. The van der Waals surface area contributed by atoms with E-state index in [9.17, 15) is 13.2 Å². The molecule has 31 heavy (non-hydrogen) atoms. The van der Waals surface area contributed by atoms with Crippen molar-refractivity contribution in [2.75, 3.05) is 23.3 Å². The minimum absolute atomic E-state index is 0.0268. The molecule has 12 heteroatoms. The summed E-state index contributed by atoms with van der Waals surface area (Å²) in [5.41, 5.74) is 0.645. The number of methoxy groups -OCH3 is 1. The predicted molar refractivity (Wildman–Crippen MR) is 111 cm³/mol. The van der Waals surface area contributed by atoms with Crippen molar-refractivity contribution in [3.05, 3.63) is 53.1 Å². The molecule has 0 spiro atoms. The van der Waals surface area contributed by atoms with E-state index in [4.69, 9.17) is 25.6 Å². The van der Waals surface area contributed by atoms with Gasteiger partial charge in [-0.1, -0.05) is 16.8 Å². The average molecular weight is 465 g/mol. The molecule has 0 saturated heterocycles. The highest BCUT2D eigenvalue weighted by atomic mass is 35.5. The van der Waals surface area contributed by atoms with Gasteiger partial charge in [-0.2, -0.15) is 4.98 Å². The molecular formula is C19H17ClN4O6S. The highest BCUT2D eigenvalue weighted by Gasteiger charge is 2.30. The molecule has 0 atom stereocenters. The van der Waals surface area contributed by atoms with Crippen LogP contribution in [-0.4, -0.2) is 38.2 Å². The van der Waals surface area contributed by atoms with Crippen LogP contribution in [0.25, 0.3) is 0 Å². The molecule has 2 heterocycles. The lowest BCUT2D eigenvalue weighted by atomic mass is 10.2. The second kappa shape index (κ2) is 8.08. The fourth-order valence-electron chi connectivity index (χ4n) is 3.00. The molecule has 0 radical (unpaired) electrons. The molecule has 1 aliphatic rings. The highest BCUT2D eigenvalue weighted by Crippen LogP contribution is 2.39. The first-order valence-electron chi connectivity index (χ1n) is 8.99. The molecule has 2 aromatic carbocycles. The lowest BCUT2D eigenvalue weighted by Crippen LogP contribution is -2.38. The molecule has 0 bridgehead atoms. The molecule has 1 aromatic heterocycles. The Kier molecular flexibility index (Phi) is 5.46. The Morgan fingerprint density at radius 3 is 2.65 bits per heavy atom. The van der Waals surface area contributed by atoms with Gasteiger partial charge in [0, 0.05) is 18.7 Å². The second-order valence-corrected chi connectivity index (χ2v) is 8.64. The Morgan fingerprint density at radius 2 is 2.00 bits per heavy atom. The maximum absolute atomic E-state index is 12.9. The molecule has 0 saturated carbocycles. The van der Waals surface area contributed by atoms with E-state index < -0.39 is 10.0 Å². The SMILES string of the molecule is COc1ccc(NS(=O)(=O)c2cc3c(cc2Cl)N(Cc2noc(C)n2)C(=O)CO3)cc1. The van der Waals surface area contributed by atoms with Crippen molar-refractivity contribution in [1.82, 2.24) is 10.1 Å². The molecule has 1 N–H and O–H groups in total. The smallest absolute Gasteiger partial charge is 0.265 e. The summed E-state index contributed by atoms with van der Waals surface area (Å²) in [6.45, 7) is 1.39. The van der Waals surface area contributed by atoms with Crippen LogP contribution in [0.5, 0.6) is 11.5 Å². The number of fused-ring (bicyclic) bond motifs is 1. The zero-order valence-corrected chi connectivity index (χ0v) is 18.0. The van der Waals surface area contributed by atoms with Gasteiger partial charge >= 0.3 is 0 Å². The number of aromatic nitrogens is 2. The van der Waals surface area contributed by atoms with Gasteiger partial charge in [0.25, 0.3) is 15.9 Å². The molecule has 0 aliphatic carbocycles. The number of nitrogens with one attached hydrogen (secondary N) is 1. The first kappa shape index (κ1) is 20.9. The van der Waals surface area contributed by atoms with Crippen molar-refractivity contribution in [1.29, 1.82) is 0 Å². The number of nitrogens with zero attached hydrogens (tertiary/aromatic N) is 3. The number of anilines is 2. The number of benzene rings is 2. The predicted octanol–water partition coefficient (Wildman–Crippen LogP) is 2.77. The van der Waals surface area contributed by atoms with E-state index in [0.717, 1.165) is 0 Å². The van der Waals surface area contributed by atoms with Crippen LogP contribution in [0.3, 0.4) is 0 Å². The summed E-state index contributed by atoms with van der Waals surface area (Å²) in [5.74, 6) is 1.09. The second-order valence-electron chi connectivity index (χ2n) is 6.58. The molecule has 0 fully saturated rings. The summed E-state index contributed by atoms with van der Waals surface area (Å²) in [6.07, 6.45) is 0. The van der Waals surface area contributed by atoms with Crippen LogP contribution in [0, 0.1) is 6.92 Å². The van der Waals surface area contributed by atoms with Gasteiger partial charge in [0.2, 0.25) is 5.89 Å². The van der Waals surface area contributed by atoms with E-state index in [2.05, 4.69) is 14.9 Å². The summed E-state index contributed by atoms with van der Waals surface area (Å²) in [5, 5.41) is 3.71. The van der Waals surface area contributed by atoms with Crippen LogP contribution >= 0.6 is 11.6 Å². The number of sulfonamides is 1. The molecular weight excluding hydrogens is 448 g/mol. The van der Waals surface area contributed by atoms with Crippen molar-refractivity contribution in [3.8, 4) is 11.5 Å². The Hall–Kier alpha value is -3.31. The number of rotatable bonds is 6. The summed E-state index contributed by atoms with van der Waals surface area (Å²) >= 11 is 6.30. The third-order valence-corrected chi connectivity index (χ3v) is 6.30. The van der Waals surface area contributed by atoms with E-state index in [1.807, 2.05) is 0 Å². The molecule has 4 rings (SSSR count). The third-order valence-electron chi connectivity index (χ3n) is 4.46. The Bertz CT molecular complexity index is 1240. The minimum atomic E-state index is -4.03. The molecule has 3 aromatic rings. The maximum atomic E-state index is 12.9. The Labute approximate surface area is 182 Å². The van der Waals surface area contributed by atoms with Crippen LogP contribution in [-0.2, 0) is 21.4 Å². The van der Waals surface area contributed by atoms with E-state index in [1.165, 1.54) is 24.1 Å². The molecule has 10 nitrogen and oxygen atoms in total. The molecule has 1 aliphatic heterocycles.